The van der Waals surface area contributed by atoms with E-state index >= 15 is 0 Å². The van der Waals surface area contributed by atoms with Gasteiger partial charge in [-0.2, -0.15) is 0 Å². The quantitative estimate of drug-likeness (QED) is 0.436. The summed E-state index contributed by atoms with van der Waals surface area (Å²) in [5.41, 5.74) is 1.01. The lowest BCUT2D eigenvalue weighted by Crippen LogP contribution is -2.25. The van der Waals surface area contributed by atoms with Crippen LogP contribution in [0, 0.1) is 36.3 Å². The normalized spacial score (nSPS) is 28.1. The van der Waals surface area contributed by atoms with Gasteiger partial charge in [-0.1, -0.05) is 51.5 Å². The summed E-state index contributed by atoms with van der Waals surface area (Å²) < 4.78 is 28.2. The molecule has 0 heterocycles. The average molecular weight is 395 g/mol. The maximum Gasteiger partial charge on any atom is 0.162 e. The van der Waals surface area contributed by atoms with E-state index in [1.165, 1.54) is 51.4 Å². The molecular formula is C26H44F2. The van der Waals surface area contributed by atoms with Crippen LogP contribution in [0.25, 0.3) is 0 Å². The topological polar surface area (TPSA) is 0 Å². The maximum atomic E-state index is 14.3. The van der Waals surface area contributed by atoms with Gasteiger partial charge in [0, 0.05) is 2.85 Å². The summed E-state index contributed by atoms with van der Waals surface area (Å²) in [6.45, 7) is 7.86. The Morgan fingerprint density at radius 1 is 0.893 bits per heavy atom. The summed E-state index contributed by atoms with van der Waals surface area (Å²) >= 11 is 0. The Hall–Kier alpha value is -1.18. The largest absolute Gasteiger partial charge is 0.203 e. The van der Waals surface area contributed by atoms with Gasteiger partial charge in [-0.05, 0) is 99.5 Å². The molecule has 0 unspecified atom stereocenters. The van der Waals surface area contributed by atoms with E-state index in [1.807, 2.05) is 19.9 Å². The number of aryl methyl sites for hydroxylation is 1. The minimum atomic E-state index is -0.654. The molecule has 0 bridgehead atoms. The average Bonchev–Trinajstić information content (AvgIpc) is 2.75. The number of hydrogen-bond acceptors (Lipinski definition) is 0. The molecule has 3 rings (SSSR count). The Kier molecular flexibility index (Phi) is 9.68. The number of hydrogen-bond donors (Lipinski definition) is 0. The molecule has 0 aliphatic heterocycles. The molecule has 0 spiro atoms. The van der Waals surface area contributed by atoms with Crippen molar-refractivity contribution < 1.29 is 11.6 Å². The maximum absolute atomic E-state index is 14.3. The molecule has 0 N–H and O–H groups in total. The molecule has 0 atom stereocenters. The van der Waals surface area contributed by atoms with Gasteiger partial charge in [0.15, 0.2) is 11.6 Å². The highest BCUT2D eigenvalue weighted by Crippen LogP contribution is 2.44. The summed E-state index contributed by atoms with van der Waals surface area (Å²) in [5.74, 6) is 1.39. The van der Waals surface area contributed by atoms with Gasteiger partial charge in [-0.15, -0.1) is 0 Å². The number of rotatable bonds is 5. The van der Waals surface area contributed by atoms with Gasteiger partial charge in [0.05, 0.1) is 0 Å². The van der Waals surface area contributed by atoms with Crippen molar-refractivity contribution in [3.63, 3.8) is 0 Å². The van der Waals surface area contributed by atoms with Gasteiger partial charge in [0.25, 0.3) is 0 Å². The van der Waals surface area contributed by atoms with Crippen molar-refractivity contribution in [3.8, 4) is 0 Å². The van der Waals surface area contributed by atoms with Crippen LogP contribution in [0.3, 0.4) is 0 Å². The molecule has 28 heavy (non-hydrogen) atoms. The fraction of sp³-hybridized carbons (Fsp3) is 0.692. The zero-order valence-electron chi connectivity index (χ0n) is 18.4. The lowest BCUT2D eigenvalue weighted by molar-refractivity contribution is 0.170. The third-order valence-corrected chi connectivity index (χ3v) is 6.86. The highest BCUT2D eigenvalue weighted by molar-refractivity contribution is 5.28. The molecule has 2 aliphatic rings. The van der Waals surface area contributed by atoms with Crippen LogP contribution in [0.5, 0.6) is 0 Å². The van der Waals surface area contributed by atoms with Crippen LogP contribution < -0.4 is 0 Å². The van der Waals surface area contributed by atoms with Crippen molar-refractivity contribution >= 4 is 0 Å². The van der Waals surface area contributed by atoms with E-state index < -0.39 is 11.6 Å². The van der Waals surface area contributed by atoms with Gasteiger partial charge in [0.1, 0.15) is 0 Å². The number of allylic oxidation sites excluding steroid dienone is 2. The van der Waals surface area contributed by atoms with Crippen LogP contribution in [0.2, 0.25) is 0 Å². The molecule has 2 saturated carbocycles. The predicted molar refractivity (Wildman–Crippen MR) is 121 cm³/mol. The second kappa shape index (κ2) is 11.7. The number of benzene rings is 1. The van der Waals surface area contributed by atoms with Crippen molar-refractivity contribution in [1.82, 2.24) is 0 Å². The molecule has 0 radical (unpaired) electrons. The Morgan fingerprint density at radius 2 is 1.46 bits per heavy atom. The van der Waals surface area contributed by atoms with Gasteiger partial charge in [-0.3, -0.25) is 0 Å². The Balaban J connectivity index is 0.00000204. The molecule has 1 aromatic rings. The third-order valence-electron chi connectivity index (χ3n) is 6.86. The highest BCUT2D eigenvalue weighted by atomic mass is 19.2. The first-order valence-electron chi connectivity index (χ1n) is 11.7. The minimum absolute atomic E-state index is 0. The van der Waals surface area contributed by atoms with Crippen LogP contribution in [-0.4, -0.2) is 0 Å². The Morgan fingerprint density at radius 3 is 2.04 bits per heavy atom. The molecule has 0 nitrogen and oxygen atoms in total. The lowest BCUT2D eigenvalue weighted by Gasteiger charge is -2.37. The molecule has 1 aromatic carbocycles. The van der Waals surface area contributed by atoms with Crippen molar-refractivity contribution in [2.24, 2.45) is 17.8 Å². The number of unbranched alkanes of at least 4 members (excludes halogenated alkanes) is 1. The first-order valence-corrected chi connectivity index (χ1v) is 11.7. The molecule has 0 aromatic heterocycles. The van der Waals surface area contributed by atoms with Gasteiger partial charge >= 0.3 is 0 Å². The zero-order valence-corrected chi connectivity index (χ0v) is 18.4. The lowest BCUT2D eigenvalue weighted by atomic mass is 9.68. The minimum Gasteiger partial charge on any atom is -0.203 e. The Bertz CT molecular complexity index is 614. The summed E-state index contributed by atoms with van der Waals surface area (Å²) in [6.07, 6.45) is 17.0. The molecule has 2 heteroatoms. The summed E-state index contributed by atoms with van der Waals surface area (Å²) in [5, 5.41) is 0. The van der Waals surface area contributed by atoms with E-state index in [9.17, 15) is 8.78 Å². The van der Waals surface area contributed by atoms with Crippen LogP contribution in [0.15, 0.2) is 24.3 Å². The smallest absolute Gasteiger partial charge is 0.162 e. The van der Waals surface area contributed by atoms with Crippen molar-refractivity contribution in [2.75, 3.05) is 0 Å². The second-order valence-corrected chi connectivity index (χ2v) is 8.60. The summed E-state index contributed by atoms with van der Waals surface area (Å²) in [4.78, 5) is 0. The summed E-state index contributed by atoms with van der Waals surface area (Å²) in [6, 6.07) is 3.54. The van der Waals surface area contributed by atoms with Crippen molar-refractivity contribution in [1.29, 1.82) is 0 Å². The van der Waals surface area contributed by atoms with E-state index in [-0.39, 0.29) is 8.77 Å². The molecule has 2 fully saturated rings. The first kappa shape index (κ1) is 23.1. The second-order valence-electron chi connectivity index (χ2n) is 8.60. The molecule has 162 valence electrons. The predicted octanol–water partition coefficient (Wildman–Crippen LogP) is 9.23. The van der Waals surface area contributed by atoms with Crippen LogP contribution in [-0.2, 0) is 0 Å². The fourth-order valence-electron chi connectivity index (χ4n) is 5.14. The van der Waals surface area contributed by atoms with E-state index in [0.29, 0.717) is 11.1 Å². The van der Waals surface area contributed by atoms with Crippen LogP contribution >= 0.6 is 0 Å². The van der Waals surface area contributed by atoms with Gasteiger partial charge in [-0.25, -0.2) is 8.78 Å². The summed E-state index contributed by atoms with van der Waals surface area (Å²) in [7, 11) is 0. The Labute approximate surface area is 174 Å². The third kappa shape index (κ3) is 5.91. The van der Waals surface area contributed by atoms with E-state index in [2.05, 4.69) is 19.1 Å². The van der Waals surface area contributed by atoms with Gasteiger partial charge in [0.2, 0.25) is 0 Å². The van der Waals surface area contributed by atoms with E-state index in [1.54, 1.807) is 13.0 Å². The monoisotopic (exact) mass is 394 g/mol. The molecule has 2 aliphatic carbocycles. The fourth-order valence-corrected chi connectivity index (χ4v) is 5.14. The SMILES string of the molecule is CC.CCC/C=C/C1CCC(C2CCC(c3ccc(C)c(F)c3F)CC2)CC1.[HH].[HH]. The molecule has 0 saturated heterocycles. The van der Waals surface area contributed by atoms with Gasteiger partial charge < -0.3 is 0 Å². The van der Waals surface area contributed by atoms with Crippen molar-refractivity contribution in [2.45, 2.75) is 97.8 Å². The zero-order chi connectivity index (χ0) is 20.5. The molecular weight excluding hydrogens is 350 g/mol. The van der Waals surface area contributed by atoms with Crippen LogP contribution in [0.1, 0.15) is 105 Å². The molecule has 0 amide bonds. The van der Waals surface area contributed by atoms with E-state index in [4.69, 9.17) is 0 Å². The van der Waals surface area contributed by atoms with Crippen LogP contribution in [0.4, 0.5) is 8.78 Å². The highest BCUT2D eigenvalue weighted by Gasteiger charge is 2.32. The standard InChI is InChI=1S/C24H34F2.C2H6.2H2/c1-3-4-5-6-18-8-10-19(11-9-18)20-12-14-21(15-13-20)22-16-7-17(2)23(25)24(22)26;1-2;;/h5-7,16,18-21H,3-4,8-15H2,1-2H3;1-2H3;2*1H/b6-5+;;;. The first-order chi connectivity index (χ1) is 13.6. The van der Waals surface area contributed by atoms with E-state index in [0.717, 1.165) is 30.6 Å². The number of halogens is 2. The van der Waals surface area contributed by atoms with Crippen molar-refractivity contribution in [3.05, 3.63) is 47.0 Å².